The fraction of sp³-hybridized carbons (Fsp3) is 0.917. The first-order valence-electron chi connectivity index (χ1n) is 6.87. The lowest BCUT2D eigenvalue weighted by Gasteiger charge is -2.38. The molecule has 0 saturated carbocycles. The highest BCUT2D eigenvalue weighted by atomic mass is 32.2. The van der Waals surface area contributed by atoms with Crippen LogP contribution in [0.15, 0.2) is 0 Å². The second-order valence-electron chi connectivity index (χ2n) is 5.55. The van der Waals surface area contributed by atoms with Crippen molar-refractivity contribution in [2.24, 2.45) is 5.73 Å². The molecule has 2 saturated heterocycles. The van der Waals surface area contributed by atoms with Gasteiger partial charge in [0.1, 0.15) is 0 Å². The van der Waals surface area contributed by atoms with Crippen LogP contribution >= 0.6 is 0 Å². The van der Waals surface area contributed by atoms with E-state index in [1.807, 2.05) is 0 Å². The Morgan fingerprint density at radius 1 is 1.40 bits per heavy atom. The number of aliphatic hydroxyl groups excluding tert-OH is 1. The van der Waals surface area contributed by atoms with Gasteiger partial charge in [-0.25, -0.2) is 8.42 Å². The Balaban J connectivity index is 2.13. The summed E-state index contributed by atoms with van der Waals surface area (Å²) in [6, 6.07) is -0.372. The lowest BCUT2D eigenvalue weighted by molar-refractivity contribution is -0.143. The smallest absolute Gasteiger partial charge is 0.243 e. The van der Waals surface area contributed by atoms with Gasteiger partial charge in [0.15, 0.2) is 9.84 Å². The van der Waals surface area contributed by atoms with Crippen molar-refractivity contribution >= 4 is 15.7 Å². The number of hydrogen-bond acceptors (Lipinski definition) is 6. The lowest BCUT2D eigenvalue weighted by atomic mass is 9.89. The third-order valence-corrected chi connectivity index (χ3v) is 5.81. The monoisotopic (exact) mass is 306 g/mol. The Morgan fingerprint density at radius 2 is 2.05 bits per heavy atom. The van der Waals surface area contributed by atoms with E-state index in [1.165, 1.54) is 4.90 Å². The molecule has 1 amide bonds. The van der Waals surface area contributed by atoms with Gasteiger partial charge in [0.25, 0.3) is 0 Å². The molecule has 7 nitrogen and oxygen atoms in total. The van der Waals surface area contributed by atoms with Crippen molar-refractivity contribution in [2.75, 3.05) is 37.9 Å². The molecule has 0 aromatic heterocycles. The van der Waals surface area contributed by atoms with Gasteiger partial charge in [-0.1, -0.05) is 0 Å². The maximum atomic E-state index is 12.6. The Hall–Kier alpha value is -0.700. The van der Waals surface area contributed by atoms with Gasteiger partial charge in [-0.05, 0) is 19.3 Å². The minimum atomic E-state index is -3.08. The van der Waals surface area contributed by atoms with Crippen molar-refractivity contribution in [3.63, 3.8) is 0 Å². The Morgan fingerprint density at radius 3 is 2.55 bits per heavy atom. The molecule has 3 N–H and O–H groups in total. The Labute approximate surface area is 119 Å². The lowest BCUT2D eigenvalue weighted by Crippen LogP contribution is -2.60. The maximum absolute atomic E-state index is 12.6. The molecule has 2 heterocycles. The van der Waals surface area contributed by atoms with Gasteiger partial charge in [-0.3, -0.25) is 4.79 Å². The maximum Gasteiger partial charge on any atom is 0.243 e. The summed E-state index contributed by atoms with van der Waals surface area (Å²) < 4.78 is 28.4. The Kier molecular flexibility index (Phi) is 4.68. The first-order valence-corrected chi connectivity index (χ1v) is 8.69. The summed E-state index contributed by atoms with van der Waals surface area (Å²) in [6.07, 6.45) is 1.26. The Bertz CT molecular complexity index is 458. The summed E-state index contributed by atoms with van der Waals surface area (Å²) in [7, 11) is -3.08. The molecular formula is C12H22N2O5S. The van der Waals surface area contributed by atoms with Crippen molar-refractivity contribution in [1.82, 2.24) is 4.90 Å². The van der Waals surface area contributed by atoms with E-state index in [2.05, 4.69) is 0 Å². The summed E-state index contributed by atoms with van der Waals surface area (Å²) in [5.74, 6) is -0.212. The molecule has 0 spiro atoms. The normalized spacial score (nSPS) is 28.2. The van der Waals surface area contributed by atoms with Crippen LogP contribution in [0.4, 0.5) is 0 Å². The van der Waals surface area contributed by atoms with Crippen molar-refractivity contribution in [1.29, 1.82) is 0 Å². The number of nitrogens with zero attached hydrogens (tertiary/aromatic N) is 1. The molecule has 0 aromatic carbocycles. The van der Waals surface area contributed by atoms with Crippen molar-refractivity contribution in [3.05, 3.63) is 0 Å². The molecule has 2 rings (SSSR count). The van der Waals surface area contributed by atoms with Gasteiger partial charge < -0.3 is 20.5 Å². The second-order valence-corrected chi connectivity index (χ2v) is 7.78. The number of ether oxygens (including phenoxy) is 1. The number of hydrogen-bond donors (Lipinski definition) is 2. The zero-order valence-electron chi connectivity index (χ0n) is 11.5. The third-order valence-electron chi connectivity index (χ3n) is 4.06. The molecule has 1 atom stereocenters. The van der Waals surface area contributed by atoms with Gasteiger partial charge >= 0.3 is 0 Å². The first kappa shape index (κ1) is 15.7. The van der Waals surface area contributed by atoms with E-state index in [0.29, 0.717) is 32.5 Å². The van der Waals surface area contributed by atoms with Gasteiger partial charge in [0, 0.05) is 25.8 Å². The van der Waals surface area contributed by atoms with E-state index in [9.17, 15) is 13.2 Å². The van der Waals surface area contributed by atoms with Crippen LogP contribution in [0.25, 0.3) is 0 Å². The zero-order chi connectivity index (χ0) is 14.8. The molecule has 8 heteroatoms. The van der Waals surface area contributed by atoms with E-state index >= 15 is 0 Å². The molecule has 2 aliphatic heterocycles. The van der Waals surface area contributed by atoms with Gasteiger partial charge in [-0.15, -0.1) is 0 Å². The summed E-state index contributed by atoms with van der Waals surface area (Å²) in [5, 5.41) is 9.15. The highest BCUT2D eigenvalue weighted by molar-refractivity contribution is 7.91. The molecular weight excluding hydrogens is 284 g/mol. The number of rotatable bonds is 4. The molecule has 0 aromatic rings. The SMILES string of the molecule is NC1(C(=O)N(CCO)C2CCS(=O)(=O)C2)CCOCC1. The highest BCUT2D eigenvalue weighted by Crippen LogP contribution is 2.25. The van der Waals surface area contributed by atoms with Crippen LogP contribution < -0.4 is 5.73 Å². The largest absolute Gasteiger partial charge is 0.395 e. The van der Waals surface area contributed by atoms with Crippen LogP contribution in [-0.2, 0) is 19.4 Å². The predicted molar refractivity (Wildman–Crippen MR) is 72.8 cm³/mol. The van der Waals surface area contributed by atoms with E-state index in [-0.39, 0.29) is 36.6 Å². The zero-order valence-corrected chi connectivity index (χ0v) is 12.3. The summed E-state index contributed by atoms with van der Waals surface area (Å²) in [4.78, 5) is 14.1. The average molecular weight is 306 g/mol. The van der Waals surface area contributed by atoms with Gasteiger partial charge in [0.05, 0.1) is 23.7 Å². The van der Waals surface area contributed by atoms with Crippen LogP contribution in [0.1, 0.15) is 19.3 Å². The molecule has 116 valence electrons. The quantitative estimate of drug-likeness (QED) is 0.654. The van der Waals surface area contributed by atoms with Crippen molar-refractivity contribution in [3.8, 4) is 0 Å². The topological polar surface area (TPSA) is 110 Å². The standard InChI is InChI=1S/C12H22N2O5S/c13-12(2-6-19-7-3-12)11(16)14(4-5-15)10-1-8-20(17,18)9-10/h10,15H,1-9,13H2. The number of sulfone groups is 1. The van der Waals surface area contributed by atoms with Crippen LogP contribution in [0.2, 0.25) is 0 Å². The summed E-state index contributed by atoms with van der Waals surface area (Å²) >= 11 is 0. The number of nitrogens with two attached hydrogens (primary N) is 1. The summed E-state index contributed by atoms with van der Waals surface area (Å²) in [5.41, 5.74) is 5.17. The van der Waals surface area contributed by atoms with E-state index in [1.54, 1.807) is 0 Å². The molecule has 1 unspecified atom stereocenters. The first-order chi connectivity index (χ1) is 9.38. The number of amides is 1. The minimum Gasteiger partial charge on any atom is -0.395 e. The fourth-order valence-electron chi connectivity index (χ4n) is 2.81. The molecule has 20 heavy (non-hydrogen) atoms. The minimum absolute atomic E-state index is 0.0364. The number of carbonyl (C=O) groups excluding carboxylic acids is 1. The van der Waals surface area contributed by atoms with E-state index < -0.39 is 15.4 Å². The van der Waals surface area contributed by atoms with E-state index in [0.717, 1.165) is 0 Å². The molecule has 2 aliphatic rings. The highest BCUT2D eigenvalue weighted by Gasteiger charge is 2.43. The second kappa shape index (κ2) is 5.97. The van der Waals surface area contributed by atoms with Crippen LogP contribution in [-0.4, -0.2) is 73.8 Å². The van der Waals surface area contributed by atoms with Gasteiger partial charge in [-0.2, -0.15) is 0 Å². The van der Waals surface area contributed by atoms with Crippen molar-refractivity contribution < 1.29 is 23.1 Å². The molecule has 0 aliphatic carbocycles. The van der Waals surface area contributed by atoms with E-state index in [4.69, 9.17) is 15.6 Å². The van der Waals surface area contributed by atoms with Crippen LogP contribution in [0.3, 0.4) is 0 Å². The average Bonchev–Trinajstić information content (AvgIpc) is 2.76. The van der Waals surface area contributed by atoms with Gasteiger partial charge in [0.2, 0.25) is 5.91 Å². The molecule has 0 radical (unpaired) electrons. The molecule has 0 bridgehead atoms. The summed E-state index contributed by atoms with van der Waals surface area (Å²) in [6.45, 7) is 0.782. The van der Waals surface area contributed by atoms with Crippen molar-refractivity contribution in [2.45, 2.75) is 30.8 Å². The third kappa shape index (κ3) is 3.30. The fourth-order valence-corrected chi connectivity index (χ4v) is 4.55. The van der Waals surface area contributed by atoms with Crippen LogP contribution in [0.5, 0.6) is 0 Å². The number of carbonyl (C=O) groups is 1. The number of aliphatic hydroxyl groups is 1. The van der Waals surface area contributed by atoms with Crippen LogP contribution in [0, 0.1) is 0 Å². The predicted octanol–water partition coefficient (Wildman–Crippen LogP) is -1.50. The molecule has 2 fully saturated rings.